The van der Waals surface area contributed by atoms with Crippen molar-refractivity contribution in [2.45, 2.75) is 77.0 Å². The molecule has 2 aliphatic carbocycles. The summed E-state index contributed by atoms with van der Waals surface area (Å²) in [5.74, 6) is 1.93. The van der Waals surface area contributed by atoms with Crippen LogP contribution in [0, 0.1) is 23.7 Å². The summed E-state index contributed by atoms with van der Waals surface area (Å²) in [6.07, 6.45) is 13.5. The lowest BCUT2D eigenvalue weighted by Gasteiger charge is -2.39. The molecule has 1 aromatic carbocycles. The fraction of sp³-hybridized carbons (Fsp3) is 0.640. The lowest BCUT2D eigenvalue weighted by Crippen LogP contribution is -2.30. The van der Waals surface area contributed by atoms with Crippen LogP contribution in [0.5, 0.6) is 0 Å². The van der Waals surface area contributed by atoms with E-state index < -0.39 is 5.97 Å². The van der Waals surface area contributed by atoms with Crippen LogP contribution in [-0.2, 0) is 11.2 Å². The van der Waals surface area contributed by atoms with Crippen LogP contribution in [0.15, 0.2) is 36.9 Å². The molecule has 0 amide bonds. The molecular weight excluding hydrogens is 332 g/mol. The first-order chi connectivity index (χ1) is 13.1. The molecule has 2 aliphatic rings. The number of aryl methyl sites for hydroxylation is 1. The summed E-state index contributed by atoms with van der Waals surface area (Å²) in [6.45, 7) is 5.96. The van der Waals surface area contributed by atoms with Gasteiger partial charge in [0, 0.05) is 0 Å². The Morgan fingerprint density at radius 1 is 1.04 bits per heavy atom. The third-order valence-corrected chi connectivity index (χ3v) is 7.42. The van der Waals surface area contributed by atoms with Crippen LogP contribution in [0.2, 0.25) is 0 Å². The van der Waals surface area contributed by atoms with Gasteiger partial charge in [0.1, 0.15) is 0 Å². The average Bonchev–Trinajstić information content (AvgIpc) is 2.72. The van der Waals surface area contributed by atoms with Crippen molar-refractivity contribution in [2.24, 2.45) is 23.7 Å². The van der Waals surface area contributed by atoms with Gasteiger partial charge < -0.3 is 5.11 Å². The number of carbonyl (C=O) groups is 1. The van der Waals surface area contributed by atoms with E-state index in [9.17, 15) is 9.90 Å². The van der Waals surface area contributed by atoms with Crippen molar-refractivity contribution in [2.75, 3.05) is 0 Å². The molecule has 0 spiro atoms. The third kappa shape index (κ3) is 5.03. The van der Waals surface area contributed by atoms with Crippen molar-refractivity contribution in [1.29, 1.82) is 0 Å². The van der Waals surface area contributed by atoms with E-state index in [1.54, 1.807) is 6.08 Å². The third-order valence-electron chi connectivity index (χ3n) is 7.42. The molecule has 0 bridgehead atoms. The Bertz CT molecular complexity index is 602. The maximum Gasteiger partial charge on any atom is 0.307 e. The summed E-state index contributed by atoms with van der Waals surface area (Å²) in [5.41, 5.74) is 2.96. The van der Waals surface area contributed by atoms with Crippen LogP contribution in [0.1, 0.15) is 81.8 Å². The van der Waals surface area contributed by atoms with Gasteiger partial charge in [-0.15, -0.1) is 6.58 Å². The highest BCUT2D eigenvalue weighted by Gasteiger charge is 2.35. The van der Waals surface area contributed by atoms with E-state index in [2.05, 4.69) is 37.8 Å². The Hall–Kier alpha value is -1.57. The lowest BCUT2D eigenvalue weighted by molar-refractivity contribution is -0.144. The molecule has 1 N–H and O–H groups in total. The van der Waals surface area contributed by atoms with Gasteiger partial charge in [-0.25, -0.2) is 0 Å². The van der Waals surface area contributed by atoms with Crippen LogP contribution < -0.4 is 0 Å². The minimum absolute atomic E-state index is 0.217. The number of benzene rings is 1. The summed E-state index contributed by atoms with van der Waals surface area (Å²) >= 11 is 0. The minimum atomic E-state index is -0.632. The Labute approximate surface area is 165 Å². The molecule has 2 nitrogen and oxygen atoms in total. The van der Waals surface area contributed by atoms with Crippen LogP contribution in [0.3, 0.4) is 0 Å². The van der Waals surface area contributed by atoms with Gasteiger partial charge in [0.05, 0.1) is 5.92 Å². The molecule has 2 fully saturated rings. The monoisotopic (exact) mass is 368 g/mol. The van der Waals surface area contributed by atoms with Crippen molar-refractivity contribution in [3.63, 3.8) is 0 Å². The molecule has 1 aromatic rings. The summed E-state index contributed by atoms with van der Waals surface area (Å²) in [7, 11) is 0. The Morgan fingerprint density at radius 3 is 2.07 bits per heavy atom. The zero-order chi connectivity index (χ0) is 19.2. The second kappa shape index (κ2) is 9.57. The van der Waals surface area contributed by atoms with Gasteiger partial charge in [-0.1, -0.05) is 37.3 Å². The first kappa shape index (κ1) is 20.2. The van der Waals surface area contributed by atoms with Gasteiger partial charge in [-0.2, -0.15) is 0 Å². The molecule has 148 valence electrons. The normalized spacial score (nSPS) is 29.8. The van der Waals surface area contributed by atoms with E-state index >= 15 is 0 Å². The first-order valence-corrected chi connectivity index (χ1v) is 11.0. The topological polar surface area (TPSA) is 37.3 Å². The second-order valence-corrected chi connectivity index (χ2v) is 8.85. The molecule has 2 saturated carbocycles. The Balaban J connectivity index is 1.47. The Kier molecular flexibility index (Phi) is 7.15. The highest BCUT2D eigenvalue weighted by atomic mass is 16.4. The maximum absolute atomic E-state index is 11.5. The van der Waals surface area contributed by atoms with Gasteiger partial charge in [-0.3, -0.25) is 4.79 Å². The molecule has 2 heteroatoms. The summed E-state index contributed by atoms with van der Waals surface area (Å²) in [6, 6.07) is 9.29. The van der Waals surface area contributed by atoms with E-state index in [1.165, 1.54) is 49.7 Å². The number of rotatable bonds is 7. The quantitative estimate of drug-likeness (QED) is 0.550. The van der Waals surface area contributed by atoms with E-state index in [0.717, 1.165) is 37.0 Å². The second-order valence-electron chi connectivity index (χ2n) is 8.85. The fourth-order valence-corrected chi connectivity index (χ4v) is 5.64. The van der Waals surface area contributed by atoms with E-state index in [4.69, 9.17) is 0 Å². The number of hydrogen-bond acceptors (Lipinski definition) is 1. The minimum Gasteiger partial charge on any atom is -0.481 e. The zero-order valence-electron chi connectivity index (χ0n) is 16.9. The summed E-state index contributed by atoms with van der Waals surface area (Å²) in [4.78, 5) is 11.5. The predicted octanol–water partition coefficient (Wildman–Crippen LogP) is 6.61. The van der Waals surface area contributed by atoms with Gasteiger partial charge in [0.15, 0.2) is 0 Å². The SMILES string of the molecule is C=CCC(C(=O)O)C1CCC(C2CCC(c3ccc(CC)cc3)CC2)CC1. The van der Waals surface area contributed by atoms with Gasteiger partial charge in [0.2, 0.25) is 0 Å². The van der Waals surface area contributed by atoms with Crippen LogP contribution in [-0.4, -0.2) is 11.1 Å². The number of carboxylic acids is 1. The van der Waals surface area contributed by atoms with E-state index in [-0.39, 0.29) is 5.92 Å². The maximum atomic E-state index is 11.5. The number of hydrogen-bond donors (Lipinski definition) is 1. The molecule has 1 atom stereocenters. The van der Waals surface area contributed by atoms with Gasteiger partial charge >= 0.3 is 5.97 Å². The van der Waals surface area contributed by atoms with Crippen molar-refractivity contribution in [3.8, 4) is 0 Å². The molecule has 3 rings (SSSR count). The summed E-state index contributed by atoms with van der Waals surface area (Å²) in [5, 5.41) is 9.49. The molecule has 0 heterocycles. The highest BCUT2D eigenvalue weighted by Crippen LogP contribution is 2.45. The fourth-order valence-electron chi connectivity index (χ4n) is 5.64. The lowest BCUT2D eigenvalue weighted by atomic mass is 9.66. The highest BCUT2D eigenvalue weighted by molar-refractivity contribution is 5.70. The van der Waals surface area contributed by atoms with Gasteiger partial charge in [-0.05, 0) is 99.0 Å². The van der Waals surface area contributed by atoms with Crippen molar-refractivity contribution in [3.05, 3.63) is 48.0 Å². The molecule has 0 radical (unpaired) electrons. The first-order valence-electron chi connectivity index (χ1n) is 11.0. The van der Waals surface area contributed by atoms with Crippen LogP contribution in [0.25, 0.3) is 0 Å². The Morgan fingerprint density at radius 2 is 1.59 bits per heavy atom. The molecule has 1 unspecified atom stereocenters. The largest absolute Gasteiger partial charge is 0.481 e. The molecule has 27 heavy (non-hydrogen) atoms. The van der Waals surface area contributed by atoms with Crippen molar-refractivity contribution < 1.29 is 9.90 Å². The van der Waals surface area contributed by atoms with E-state index in [0.29, 0.717) is 12.3 Å². The van der Waals surface area contributed by atoms with Crippen LogP contribution >= 0.6 is 0 Å². The molecule has 0 aromatic heterocycles. The van der Waals surface area contributed by atoms with Crippen molar-refractivity contribution in [1.82, 2.24) is 0 Å². The molecular formula is C25H36O2. The molecule has 0 aliphatic heterocycles. The smallest absolute Gasteiger partial charge is 0.307 e. The number of carboxylic acid groups (broad SMARTS) is 1. The average molecular weight is 369 g/mol. The number of aliphatic carboxylic acids is 1. The number of allylic oxidation sites excluding steroid dienone is 1. The van der Waals surface area contributed by atoms with E-state index in [1.807, 2.05) is 0 Å². The molecule has 0 saturated heterocycles. The zero-order valence-corrected chi connectivity index (χ0v) is 16.9. The van der Waals surface area contributed by atoms with Crippen molar-refractivity contribution >= 4 is 5.97 Å². The standard InChI is InChI=1S/C25H36O2/c1-3-5-24(25(26)27)23-16-14-22(15-17-23)21-12-10-20(11-13-21)19-8-6-18(4-2)7-9-19/h3,6-9,20-24H,1,4-5,10-17H2,2H3,(H,26,27). The van der Waals surface area contributed by atoms with Crippen LogP contribution in [0.4, 0.5) is 0 Å². The predicted molar refractivity (Wildman–Crippen MR) is 112 cm³/mol. The summed E-state index contributed by atoms with van der Waals surface area (Å²) < 4.78 is 0. The van der Waals surface area contributed by atoms with Gasteiger partial charge in [0.25, 0.3) is 0 Å².